The van der Waals surface area contributed by atoms with Crippen molar-refractivity contribution in [2.24, 2.45) is 0 Å². The van der Waals surface area contributed by atoms with Crippen LogP contribution >= 0.6 is 0 Å². The van der Waals surface area contributed by atoms with Gasteiger partial charge < -0.3 is 19.7 Å². The molecule has 1 atom stereocenters. The van der Waals surface area contributed by atoms with Gasteiger partial charge in [0.15, 0.2) is 0 Å². The highest BCUT2D eigenvalue weighted by Crippen LogP contribution is 2.12. The Morgan fingerprint density at radius 3 is 2.95 bits per heavy atom. The Balaban J connectivity index is 1.83. The predicted octanol–water partition coefficient (Wildman–Crippen LogP) is 0.438. The third-order valence-electron chi connectivity index (χ3n) is 3.03. The molecular formula is C13H22N4O2. The second-order valence-corrected chi connectivity index (χ2v) is 4.69. The third-order valence-corrected chi connectivity index (χ3v) is 3.03. The fourth-order valence-electron chi connectivity index (χ4n) is 2.01. The minimum Gasteiger partial charge on any atom is -0.383 e. The van der Waals surface area contributed by atoms with E-state index >= 15 is 0 Å². The molecule has 0 aliphatic carbocycles. The van der Waals surface area contributed by atoms with Crippen LogP contribution in [0.2, 0.25) is 0 Å². The molecule has 1 fully saturated rings. The summed E-state index contributed by atoms with van der Waals surface area (Å²) in [6.45, 7) is 6.83. The molecule has 2 rings (SSSR count). The van der Waals surface area contributed by atoms with Crippen LogP contribution in [0.3, 0.4) is 0 Å². The molecule has 1 aromatic rings. The van der Waals surface area contributed by atoms with Gasteiger partial charge in [-0.15, -0.1) is 0 Å². The summed E-state index contributed by atoms with van der Waals surface area (Å²) in [6, 6.07) is 0. The maximum atomic E-state index is 5.51. The number of rotatable bonds is 6. The number of aromatic nitrogens is 2. The minimum atomic E-state index is 0.243. The Hall–Kier alpha value is -1.24. The van der Waals surface area contributed by atoms with E-state index in [0.29, 0.717) is 6.61 Å². The number of ether oxygens (including phenoxy) is 2. The Kier molecular flexibility index (Phi) is 5.50. The first kappa shape index (κ1) is 14.2. The van der Waals surface area contributed by atoms with Gasteiger partial charge in [0.2, 0.25) is 5.95 Å². The van der Waals surface area contributed by atoms with E-state index in [9.17, 15) is 0 Å². The van der Waals surface area contributed by atoms with Crippen LogP contribution in [-0.4, -0.2) is 56.0 Å². The van der Waals surface area contributed by atoms with Crippen LogP contribution in [0, 0.1) is 0 Å². The molecule has 1 aromatic heterocycles. The van der Waals surface area contributed by atoms with Crippen LogP contribution in [0.1, 0.15) is 12.5 Å². The van der Waals surface area contributed by atoms with Gasteiger partial charge in [0.05, 0.1) is 19.3 Å². The molecule has 1 saturated heterocycles. The van der Waals surface area contributed by atoms with E-state index in [4.69, 9.17) is 9.47 Å². The normalized spacial score (nSPS) is 19.7. The number of nitrogens with zero attached hydrogens (tertiary/aromatic N) is 3. The lowest BCUT2D eigenvalue weighted by molar-refractivity contribution is 0.0526. The number of hydrogen-bond donors (Lipinski definition) is 1. The van der Waals surface area contributed by atoms with E-state index in [-0.39, 0.29) is 6.10 Å². The number of anilines is 1. The first-order valence-corrected chi connectivity index (χ1v) is 6.66. The van der Waals surface area contributed by atoms with Crippen LogP contribution in [0.4, 0.5) is 5.95 Å². The molecule has 0 saturated carbocycles. The highest BCUT2D eigenvalue weighted by Gasteiger charge is 2.18. The standard InChI is InChI=1S/C13H22N4O2/c1-11-10-17(4-6-19-11)13-15-8-12(9-16-13)7-14-3-5-18-2/h8-9,11,14H,3-7,10H2,1-2H3. The molecule has 0 radical (unpaired) electrons. The molecule has 0 aromatic carbocycles. The average molecular weight is 266 g/mol. The van der Waals surface area contributed by atoms with Crippen molar-refractivity contribution in [1.82, 2.24) is 15.3 Å². The van der Waals surface area contributed by atoms with Crippen molar-refractivity contribution in [2.75, 3.05) is 44.9 Å². The number of hydrogen-bond acceptors (Lipinski definition) is 6. The van der Waals surface area contributed by atoms with Crippen molar-refractivity contribution < 1.29 is 9.47 Å². The Morgan fingerprint density at radius 2 is 2.26 bits per heavy atom. The zero-order chi connectivity index (χ0) is 13.5. The molecule has 19 heavy (non-hydrogen) atoms. The molecule has 1 N–H and O–H groups in total. The van der Waals surface area contributed by atoms with E-state index in [2.05, 4.69) is 27.1 Å². The quantitative estimate of drug-likeness (QED) is 0.754. The van der Waals surface area contributed by atoms with Crippen molar-refractivity contribution in [3.63, 3.8) is 0 Å². The van der Waals surface area contributed by atoms with Gasteiger partial charge in [-0.2, -0.15) is 0 Å². The first-order chi connectivity index (χ1) is 9.29. The van der Waals surface area contributed by atoms with Crippen LogP contribution in [0.15, 0.2) is 12.4 Å². The fourth-order valence-corrected chi connectivity index (χ4v) is 2.01. The Labute approximate surface area is 114 Å². The molecule has 1 aliphatic heterocycles. The number of nitrogens with one attached hydrogen (secondary N) is 1. The van der Waals surface area contributed by atoms with Gasteiger partial charge in [-0.05, 0) is 6.92 Å². The van der Waals surface area contributed by atoms with Crippen molar-refractivity contribution >= 4 is 5.95 Å². The zero-order valence-electron chi connectivity index (χ0n) is 11.6. The first-order valence-electron chi connectivity index (χ1n) is 6.66. The summed E-state index contributed by atoms with van der Waals surface area (Å²) in [4.78, 5) is 11.0. The monoisotopic (exact) mass is 266 g/mol. The molecule has 6 heteroatoms. The van der Waals surface area contributed by atoms with E-state index in [1.165, 1.54) is 0 Å². The van der Waals surface area contributed by atoms with Crippen LogP contribution in [0.5, 0.6) is 0 Å². The summed E-state index contributed by atoms with van der Waals surface area (Å²) in [6.07, 6.45) is 4.00. The smallest absolute Gasteiger partial charge is 0.225 e. The molecule has 106 valence electrons. The van der Waals surface area contributed by atoms with Gasteiger partial charge in [0.25, 0.3) is 0 Å². The molecule has 1 unspecified atom stereocenters. The Bertz CT molecular complexity index is 371. The Morgan fingerprint density at radius 1 is 1.47 bits per heavy atom. The van der Waals surface area contributed by atoms with Crippen LogP contribution in [-0.2, 0) is 16.0 Å². The number of methoxy groups -OCH3 is 1. The lowest BCUT2D eigenvalue weighted by Crippen LogP contribution is -2.42. The minimum absolute atomic E-state index is 0.243. The molecular weight excluding hydrogens is 244 g/mol. The summed E-state index contributed by atoms with van der Waals surface area (Å²) in [5.74, 6) is 0.788. The van der Waals surface area contributed by atoms with Crippen molar-refractivity contribution in [3.05, 3.63) is 18.0 Å². The SMILES string of the molecule is COCCNCc1cnc(N2CCOC(C)C2)nc1. The summed E-state index contributed by atoms with van der Waals surface area (Å²) < 4.78 is 10.5. The van der Waals surface area contributed by atoms with Gasteiger partial charge in [0.1, 0.15) is 0 Å². The van der Waals surface area contributed by atoms with Gasteiger partial charge in [-0.1, -0.05) is 0 Å². The van der Waals surface area contributed by atoms with Gasteiger partial charge in [-0.3, -0.25) is 0 Å². The molecule has 0 amide bonds. The fraction of sp³-hybridized carbons (Fsp3) is 0.692. The largest absolute Gasteiger partial charge is 0.383 e. The molecule has 0 spiro atoms. The highest BCUT2D eigenvalue weighted by molar-refractivity contribution is 5.30. The number of morpholine rings is 1. The van der Waals surface area contributed by atoms with Crippen LogP contribution in [0.25, 0.3) is 0 Å². The zero-order valence-corrected chi connectivity index (χ0v) is 11.6. The highest BCUT2D eigenvalue weighted by atomic mass is 16.5. The summed E-state index contributed by atoms with van der Waals surface area (Å²) in [5.41, 5.74) is 1.08. The summed E-state index contributed by atoms with van der Waals surface area (Å²) >= 11 is 0. The molecule has 1 aliphatic rings. The van der Waals surface area contributed by atoms with Crippen LogP contribution < -0.4 is 10.2 Å². The van der Waals surface area contributed by atoms with Gasteiger partial charge in [-0.25, -0.2) is 9.97 Å². The van der Waals surface area contributed by atoms with Crippen molar-refractivity contribution in [3.8, 4) is 0 Å². The predicted molar refractivity (Wildman–Crippen MR) is 73.2 cm³/mol. The summed E-state index contributed by atoms with van der Waals surface area (Å²) in [7, 11) is 1.70. The van der Waals surface area contributed by atoms with E-state index < -0.39 is 0 Å². The second-order valence-electron chi connectivity index (χ2n) is 4.69. The van der Waals surface area contributed by atoms with Gasteiger partial charge >= 0.3 is 0 Å². The van der Waals surface area contributed by atoms with Crippen molar-refractivity contribution in [1.29, 1.82) is 0 Å². The average Bonchev–Trinajstić information content (AvgIpc) is 2.44. The molecule has 0 bridgehead atoms. The van der Waals surface area contributed by atoms with E-state index in [1.807, 2.05) is 12.4 Å². The third kappa shape index (κ3) is 4.41. The lowest BCUT2D eigenvalue weighted by atomic mass is 10.3. The maximum absolute atomic E-state index is 5.51. The summed E-state index contributed by atoms with van der Waals surface area (Å²) in [5, 5.41) is 3.27. The maximum Gasteiger partial charge on any atom is 0.225 e. The molecule has 6 nitrogen and oxygen atoms in total. The van der Waals surface area contributed by atoms with E-state index in [0.717, 1.165) is 44.3 Å². The van der Waals surface area contributed by atoms with E-state index in [1.54, 1.807) is 7.11 Å². The second kappa shape index (κ2) is 7.37. The molecule has 2 heterocycles. The topological polar surface area (TPSA) is 59.5 Å². The lowest BCUT2D eigenvalue weighted by Gasteiger charge is -2.31. The van der Waals surface area contributed by atoms with Gasteiger partial charge in [0, 0.05) is 51.2 Å². The van der Waals surface area contributed by atoms with Crippen molar-refractivity contribution in [2.45, 2.75) is 19.6 Å².